The van der Waals surface area contributed by atoms with Gasteiger partial charge in [0.1, 0.15) is 0 Å². The number of hydrogen-bond donors (Lipinski definition) is 3. The summed E-state index contributed by atoms with van der Waals surface area (Å²) in [6.45, 7) is 7.17. The normalized spacial score (nSPS) is 18.1. The molecule has 9 nitrogen and oxygen atoms in total. The van der Waals surface area contributed by atoms with Crippen LogP contribution in [0, 0.1) is 28.2 Å². The van der Waals surface area contributed by atoms with Crippen LogP contribution in [0.3, 0.4) is 0 Å². The molecule has 36 heavy (non-hydrogen) atoms. The molecular weight excluding hydrogens is 454 g/mol. The fourth-order valence-electron chi connectivity index (χ4n) is 4.63. The van der Waals surface area contributed by atoms with Gasteiger partial charge in [0.05, 0.1) is 11.6 Å². The Morgan fingerprint density at radius 1 is 1.14 bits per heavy atom. The Balaban J connectivity index is 1.79. The molecule has 3 amide bonds. The molecule has 0 aromatic heterocycles. The third-order valence-corrected chi connectivity index (χ3v) is 6.75. The fraction of sp³-hybridized carbons (Fsp3) is 0.407. The number of rotatable bonds is 5. The predicted molar refractivity (Wildman–Crippen MR) is 138 cm³/mol. The lowest BCUT2D eigenvalue weighted by atomic mass is 9.71. The summed E-state index contributed by atoms with van der Waals surface area (Å²) < 4.78 is 0. The van der Waals surface area contributed by atoms with Crippen molar-refractivity contribution in [3.63, 3.8) is 0 Å². The molecule has 1 saturated carbocycles. The largest absolute Gasteiger partial charge is 0.366 e. The molecule has 9 heteroatoms. The van der Waals surface area contributed by atoms with Crippen molar-refractivity contribution in [3.8, 4) is 6.07 Å². The maximum atomic E-state index is 13.4. The number of amides is 3. The summed E-state index contributed by atoms with van der Waals surface area (Å²) in [6, 6.07) is 15.6. The molecule has 0 saturated heterocycles. The first-order chi connectivity index (χ1) is 17.1. The maximum Gasteiger partial charge on any atom is 0.322 e. The number of nitrogens with two attached hydrogens (primary N) is 1. The summed E-state index contributed by atoms with van der Waals surface area (Å²) in [6.07, 6.45) is 3.93. The number of benzene rings is 2. The first-order valence-electron chi connectivity index (χ1n) is 12.0. The molecule has 2 aromatic carbocycles. The minimum Gasteiger partial charge on any atom is -0.366 e. The number of nitrogens with zero attached hydrogens (tertiary/aromatic N) is 4. The summed E-state index contributed by atoms with van der Waals surface area (Å²) >= 11 is 0. The topological polar surface area (TPSA) is 148 Å². The number of nitrogens with one attached hydrogen (secondary N) is 2. The number of hydrogen-bond acceptors (Lipinski definition) is 4. The van der Waals surface area contributed by atoms with Gasteiger partial charge in [-0.1, -0.05) is 39.0 Å². The van der Waals surface area contributed by atoms with E-state index in [1.54, 1.807) is 48.5 Å². The molecule has 1 aliphatic carbocycles. The SMILES string of the molecule is CC(C)(C)C1CCC(N(Cc2ccc(C(=O)N=C(N)N=N)cc2)C(=O)Nc2cccc(C#N)c2)CC1. The Kier molecular flexibility index (Phi) is 8.54. The van der Waals surface area contributed by atoms with Crippen molar-refractivity contribution in [1.82, 2.24) is 4.90 Å². The molecule has 0 heterocycles. The van der Waals surface area contributed by atoms with E-state index in [2.05, 4.69) is 42.3 Å². The molecule has 0 spiro atoms. The fourth-order valence-corrected chi connectivity index (χ4v) is 4.63. The van der Waals surface area contributed by atoms with E-state index in [4.69, 9.17) is 11.3 Å². The highest BCUT2D eigenvalue weighted by Gasteiger charge is 2.33. The average molecular weight is 488 g/mol. The Morgan fingerprint density at radius 3 is 2.39 bits per heavy atom. The van der Waals surface area contributed by atoms with Crippen molar-refractivity contribution in [2.24, 2.45) is 27.2 Å². The monoisotopic (exact) mass is 487 g/mol. The number of aliphatic imine (C=N–C) groups is 1. The minimum absolute atomic E-state index is 0.0760. The third-order valence-electron chi connectivity index (χ3n) is 6.75. The number of carbonyl (C=O) groups excluding carboxylic acids is 2. The maximum absolute atomic E-state index is 13.4. The Morgan fingerprint density at radius 2 is 1.81 bits per heavy atom. The van der Waals surface area contributed by atoms with Crippen LogP contribution in [0.5, 0.6) is 0 Å². The number of nitriles is 1. The Hall–Kier alpha value is -4.06. The molecular formula is C27H33N7O2. The summed E-state index contributed by atoms with van der Waals surface area (Å²) in [5, 5.41) is 15.1. The van der Waals surface area contributed by atoms with Crippen molar-refractivity contribution in [2.45, 2.75) is 59.0 Å². The highest BCUT2D eigenvalue weighted by Crippen LogP contribution is 2.39. The number of urea groups is 1. The Bertz CT molecular complexity index is 1170. The summed E-state index contributed by atoms with van der Waals surface area (Å²) in [5.41, 5.74) is 14.6. The van der Waals surface area contributed by atoms with Crippen molar-refractivity contribution in [2.75, 3.05) is 5.32 Å². The van der Waals surface area contributed by atoms with Crippen molar-refractivity contribution >= 4 is 23.6 Å². The number of anilines is 1. The third kappa shape index (κ3) is 6.98. The van der Waals surface area contributed by atoms with Gasteiger partial charge >= 0.3 is 6.03 Å². The van der Waals surface area contributed by atoms with Gasteiger partial charge in [0.25, 0.3) is 5.91 Å². The second-order valence-electron chi connectivity index (χ2n) is 10.2. The zero-order valence-electron chi connectivity index (χ0n) is 21.0. The second-order valence-corrected chi connectivity index (χ2v) is 10.2. The molecule has 188 valence electrons. The molecule has 0 unspecified atom stereocenters. The molecule has 1 aliphatic rings. The van der Waals surface area contributed by atoms with Gasteiger partial charge < -0.3 is 16.0 Å². The van der Waals surface area contributed by atoms with Gasteiger partial charge in [0.15, 0.2) is 0 Å². The van der Waals surface area contributed by atoms with Crippen LogP contribution in [-0.4, -0.2) is 28.8 Å². The van der Waals surface area contributed by atoms with Crippen LogP contribution in [0.2, 0.25) is 0 Å². The number of carbonyl (C=O) groups is 2. The molecule has 0 bridgehead atoms. The van der Waals surface area contributed by atoms with E-state index in [-0.39, 0.29) is 17.5 Å². The quantitative estimate of drug-likeness (QED) is 0.282. The Labute approximate surface area is 211 Å². The van der Waals surface area contributed by atoms with Crippen molar-refractivity contribution < 1.29 is 9.59 Å². The lowest BCUT2D eigenvalue weighted by molar-refractivity contribution is 0.100. The van der Waals surface area contributed by atoms with Crippen LogP contribution in [0.25, 0.3) is 0 Å². The van der Waals surface area contributed by atoms with E-state index in [0.717, 1.165) is 31.2 Å². The highest BCUT2D eigenvalue weighted by atomic mass is 16.2. The molecule has 3 rings (SSSR count). The van der Waals surface area contributed by atoms with Gasteiger partial charge in [0, 0.05) is 23.8 Å². The van der Waals surface area contributed by atoms with E-state index < -0.39 is 11.9 Å². The molecule has 1 fully saturated rings. The van der Waals surface area contributed by atoms with Crippen LogP contribution in [0.4, 0.5) is 10.5 Å². The molecule has 2 aromatic rings. The highest BCUT2D eigenvalue weighted by molar-refractivity contribution is 6.02. The van der Waals surface area contributed by atoms with Crippen molar-refractivity contribution in [3.05, 3.63) is 65.2 Å². The smallest absolute Gasteiger partial charge is 0.322 e. The molecule has 0 aliphatic heterocycles. The molecule has 0 atom stereocenters. The van der Waals surface area contributed by atoms with Gasteiger partial charge in [-0.15, -0.1) is 5.11 Å². The van der Waals surface area contributed by atoms with Gasteiger partial charge in [-0.25, -0.2) is 10.3 Å². The van der Waals surface area contributed by atoms with Crippen LogP contribution < -0.4 is 11.1 Å². The van der Waals surface area contributed by atoms with Crippen LogP contribution in [0.15, 0.2) is 58.6 Å². The van der Waals surface area contributed by atoms with Crippen LogP contribution >= 0.6 is 0 Å². The summed E-state index contributed by atoms with van der Waals surface area (Å²) in [5.74, 6) is -0.375. The van der Waals surface area contributed by atoms with Crippen LogP contribution in [-0.2, 0) is 6.54 Å². The van der Waals surface area contributed by atoms with Crippen LogP contribution in [0.1, 0.15) is 67.9 Å². The van der Waals surface area contributed by atoms with E-state index >= 15 is 0 Å². The molecule has 0 radical (unpaired) electrons. The van der Waals surface area contributed by atoms with Gasteiger partial charge in [-0.3, -0.25) is 4.79 Å². The zero-order valence-corrected chi connectivity index (χ0v) is 21.0. The minimum atomic E-state index is -0.581. The van der Waals surface area contributed by atoms with Gasteiger partial charge in [-0.2, -0.15) is 10.3 Å². The average Bonchev–Trinajstić information content (AvgIpc) is 2.87. The first kappa shape index (κ1) is 26.5. The van der Waals surface area contributed by atoms with Crippen molar-refractivity contribution in [1.29, 1.82) is 10.8 Å². The first-order valence-corrected chi connectivity index (χ1v) is 12.0. The van der Waals surface area contributed by atoms with E-state index in [1.165, 1.54) is 0 Å². The van der Waals surface area contributed by atoms with E-state index in [0.29, 0.717) is 29.3 Å². The zero-order chi connectivity index (χ0) is 26.3. The predicted octanol–water partition coefficient (Wildman–Crippen LogP) is 5.68. The van der Waals surface area contributed by atoms with E-state index in [9.17, 15) is 14.9 Å². The van der Waals surface area contributed by atoms with Gasteiger partial charge in [0.2, 0.25) is 5.96 Å². The standard InChI is InChI=1S/C27H33N7O2/c1-27(2,3)21-11-13-23(14-12-21)34(26(36)31-22-6-4-5-19(15-22)16-28)17-18-7-9-20(10-8-18)24(35)32-25(29)33-30/h4-10,15,21,23,30H,11-14,17H2,1-3H3,(H,31,36)(H2,29,32,35). The second kappa shape index (κ2) is 11.6. The lowest BCUT2D eigenvalue weighted by Gasteiger charge is -2.41. The molecule has 4 N–H and O–H groups in total. The summed E-state index contributed by atoms with van der Waals surface area (Å²) in [4.78, 5) is 31.0. The van der Waals surface area contributed by atoms with E-state index in [1.807, 2.05) is 4.90 Å². The lowest BCUT2D eigenvalue weighted by Crippen LogP contribution is -2.45. The summed E-state index contributed by atoms with van der Waals surface area (Å²) in [7, 11) is 0. The van der Waals surface area contributed by atoms with Gasteiger partial charge in [-0.05, 0) is 72.9 Å². The number of guanidine groups is 1.